The summed E-state index contributed by atoms with van der Waals surface area (Å²) >= 11 is 0. The zero-order chi connectivity index (χ0) is 9.14. The highest BCUT2D eigenvalue weighted by atomic mass is 19.1. The lowest BCUT2D eigenvalue weighted by Gasteiger charge is -2.11. The van der Waals surface area contributed by atoms with Crippen molar-refractivity contribution in [1.82, 2.24) is 4.90 Å². The van der Waals surface area contributed by atoms with Gasteiger partial charge in [-0.15, -0.1) is 0 Å². The maximum absolute atomic E-state index is 13.1. The lowest BCUT2D eigenvalue weighted by molar-refractivity contribution is -0.144. The summed E-state index contributed by atoms with van der Waals surface area (Å²) in [6.07, 6.45) is -0.409. The summed E-state index contributed by atoms with van der Waals surface area (Å²) in [7, 11) is 1.89. The van der Waals surface area contributed by atoms with Crippen LogP contribution in [0.15, 0.2) is 0 Å². The predicted molar refractivity (Wildman–Crippen MR) is 42.8 cm³/mol. The van der Waals surface area contributed by atoms with E-state index >= 15 is 0 Å². The Bertz CT molecular complexity index is 174. The van der Waals surface area contributed by atoms with Gasteiger partial charge in [-0.05, 0) is 26.4 Å². The average Bonchev–Trinajstić information content (AvgIpc) is 2.14. The van der Waals surface area contributed by atoms with Crippen LogP contribution in [-0.4, -0.2) is 42.3 Å². The van der Waals surface area contributed by atoms with Crippen LogP contribution in [0.25, 0.3) is 0 Å². The van der Waals surface area contributed by atoms with Crippen LogP contribution in [0, 0.1) is 5.92 Å². The molecule has 0 aromatic rings. The van der Waals surface area contributed by atoms with E-state index in [2.05, 4.69) is 0 Å². The van der Waals surface area contributed by atoms with Crippen LogP contribution in [0.4, 0.5) is 4.39 Å². The van der Waals surface area contributed by atoms with Crippen molar-refractivity contribution >= 4 is 5.97 Å². The molecule has 0 spiro atoms. The van der Waals surface area contributed by atoms with Gasteiger partial charge in [0.2, 0.25) is 0 Å². The van der Waals surface area contributed by atoms with E-state index in [9.17, 15) is 9.18 Å². The molecule has 0 saturated carbocycles. The van der Waals surface area contributed by atoms with E-state index in [1.807, 2.05) is 11.9 Å². The molecule has 0 radical (unpaired) electrons. The van der Waals surface area contributed by atoms with E-state index in [-0.39, 0.29) is 0 Å². The van der Waals surface area contributed by atoms with Gasteiger partial charge in [0.15, 0.2) is 0 Å². The second-order valence-corrected chi connectivity index (χ2v) is 3.34. The first kappa shape index (κ1) is 9.45. The molecule has 0 aromatic carbocycles. The molecule has 0 amide bonds. The molecular weight excluding hydrogens is 161 g/mol. The van der Waals surface area contributed by atoms with E-state index in [1.165, 1.54) is 0 Å². The van der Waals surface area contributed by atoms with Crippen molar-refractivity contribution in [2.75, 3.05) is 20.1 Å². The van der Waals surface area contributed by atoms with Gasteiger partial charge in [0.1, 0.15) is 6.17 Å². The highest BCUT2D eigenvalue weighted by Crippen LogP contribution is 2.20. The quantitative estimate of drug-likeness (QED) is 0.639. The minimum Gasteiger partial charge on any atom is -0.481 e. The zero-order valence-corrected chi connectivity index (χ0v) is 7.16. The minimum atomic E-state index is -1.17. The number of nitrogens with zero attached hydrogens (tertiary/aromatic N) is 1. The number of hydrogen-bond donors (Lipinski definition) is 1. The summed E-state index contributed by atoms with van der Waals surface area (Å²) in [5.74, 6) is -1.80. The van der Waals surface area contributed by atoms with Crippen LogP contribution in [-0.2, 0) is 4.79 Å². The van der Waals surface area contributed by atoms with Crippen LogP contribution in [0.3, 0.4) is 0 Å². The van der Waals surface area contributed by atoms with E-state index in [4.69, 9.17) is 5.11 Å². The molecule has 1 aliphatic heterocycles. The first-order chi connectivity index (χ1) is 5.61. The van der Waals surface area contributed by atoms with Crippen molar-refractivity contribution in [2.45, 2.75) is 19.0 Å². The third-order valence-corrected chi connectivity index (χ3v) is 2.36. The predicted octanol–water partition coefficient (Wildman–Crippen LogP) is 0.751. The highest BCUT2D eigenvalue weighted by Gasteiger charge is 2.30. The summed E-state index contributed by atoms with van der Waals surface area (Å²) in [4.78, 5) is 12.5. The van der Waals surface area contributed by atoms with Gasteiger partial charge in [-0.1, -0.05) is 0 Å². The fraction of sp³-hybridized carbons (Fsp3) is 0.875. The van der Waals surface area contributed by atoms with Gasteiger partial charge in [-0.25, -0.2) is 4.39 Å². The van der Waals surface area contributed by atoms with Crippen molar-refractivity contribution < 1.29 is 14.3 Å². The van der Waals surface area contributed by atoms with Gasteiger partial charge < -0.3 is 10.0 Å². The van der Waals surface area contributed by atoms with Gasteiger partial charge in [-0.3, -0.25) is 4.79 Å². The SMILES string of the molecule is CN1CC[C@@H](F)[C@H](C(=O)O)CC1. The Balaban J connectivity index is 2.56. The van der Waals surface area contributed by atoms with Crippen molar-refractivity contribution in [1.29, 1.82) is 0 Å². The van der Waals surface area contributed by atoms with Crippen LogP contribution in [0.1, 0.15) is 12.8 Å². The Hall–Kier alpha value is -0.640. The molecule has 1 aliphatic rings. The molecule has 1 rings (SSSR count). The molecule has 0 aliphatic carbocycles. The number of hydrogen-bond acceptors (Lipinski definition) is 2. The molecule has 70 valence electrons. The molecule has 1 heterocycles. The van der Waals surface area contributed by atoms with E-state index in [0.29, 0.717) is 25.9 Å². The van der Waals surface area contributed by atoms with E-state index in [1.54, 1.807) is 0 Å². The summed E-state index contributed by atoms with van der Waals surface area (Å²) in [6, 6.07) is 0. The molecule has 0 bridgehead atoms. The number of carboxylic acids is 1. The van der Waals surface area contributed by atoms with Gasteiger partial charge in [0.05, 0.1) is 5.92 Å². The number of halogens is 1. The largest absolute Gasteiger partial charge is 0.481 e. The Labute approximate surface area is 71.2 Å². The molecular formula is C8H14FNO2. The Morgan fingerprint density at radius 1 is 1.50 bits per heavy atom. The van der Waals surface area contributed by atoms with Gasteiger partial charge in [0.25, 0.3) is 0 Å². The molecule has 4 heteroatoms. The number of alkyl halides is 1. The molecule has 2 atom stereocenters. The van der Waals surface area contributed by atoms with Crippen LogP contribution < -0.4 is 0 Å². The van der Waals surface area contributed by atoms with Crippen LogP contribution >= 0.6 is 0 Å². The molecule has 0 aromatic heterocycles. The third-order valence-electron chi connectivity index (χ3n) is 2.36. The smallest absolute Gasteiger partial charge is 0.309 e. The molecule has 1 N–H and O–H groups in total. The number of rotatable bonds is 1. The number of aliphatic carboxylic acids is 1. The molecule has 12 heavy (non-hydrogen) atoms. The fourth-order valence-corrected chi connectivity index (χ4v) is 1.48. The fourth-order valence-electron chi connectivity index (χ4n) is 1.48. The summed E-state index contributed by atoms with van der Waals surface area (Å²) in [5, 5.41) is 8.66. The summed E-state index contributed by atoms with van der Waals surface area (Å²) in [6.45, 7) is 1.34. The highest BCUT2D eigenvalue weighted by molar-refractivity contribution is 5.70. The van der Waals surface area contributed by atoms with Crippen molar-refractivity contribution in [2.24, 2.45) is 5.92 Å². The third kappa shape index (κ3) is 2.17. The first-order valence-corrected chi connectivity index (χ1v) is 4.16. The van der Waals surface area contributed by atoms with Crippen molar-refractivity contribution in [3.8, 4) is 0 Å². The molecule has 3 nitrogen and oxygen atoms in total. The van der Waals surface area contributed by atoms with E-state index in [0.717, 1.165) is 0 Å². The molecule has 0 unspecified atom stereocenters. The van der Waals surface area contributed by atoms with Gasteiger partial charge >= 0.3 is 5.97 Å². The van der Waals surface area contributed by atoms with E-state index < -0.39 is 18.1 Å². The van der Waals surface area contributed by atoms with Crippen LogP contribution in [0.5, 0.6) is 0 Å². The monoisotopic (exact) mass is 175 g/mol. The number of carbonyl (C=O) groups is 1. The molecule has 1 fully saturated rings. The Morgan fingerprint density at radius 3 is 2.67 bits per heavy atom. The second-order valence-electron chi connectivity index (χ2n) is 3.34. The topological polar surface area (TPSA) is 40.5 Å². The molecule has 1 saturated heterocycles. The van der Waals surface area contributed by atoms with Crippen LogP contribution in [0.2, 0.25) is 0 Å². The number of likely N-dealkylation sites (tertiary alicyclic amines) is 1. The van der Waals surface area contributed by atoms with Crippen molar-refractivity contribution in [3.05, 3.63) is 0 Å². The standard InChI is InChI=1S/C8H14FNO2/c1-10-4-2-6(8(11)12)7(9)3-5-10/h6-7H,2-5H2,1H3,(H,11,12)/t6-,7-/m1/s1. The van der Waals surface area contributed by atoms with Crippen molar-refractivity contribution in [3.63, 3.8) is 0 Å². The Kier molecular flexibility index (Phi) is 3.03. The summed E-state index contributed by atoms with van der Waals surface area (Å²) < 4.78 is 13.1. The lowest BCUT2D eigenvalue weighted by atomic mass is 9.99. The average molecular weight is 175 g/mol. The lowest BCUT2D eigenvalue weighted by Crippen LogP contribution is -2.24. The second kappa shape index (κ2) is 3.85. The first-order valence-electron chi connectivity index (χ1n) is 4.16. The Morgan fingerprint density at radius 2 is 2.08 bits per heavy atom. The van der Waals surface area contributed by atoms with Gasteiger partial charge in [-0.2, -0.15) is 0 Å². The summed E-state index contributed by atoms with van der Waals surface area (Å²) in [5.41, 5.74) is 0. The maximum atomic E-state index is 13.1. The minimum absolute atomic E-state index is 0.341. The number of carboxylic acid groups (broad SMARTS) is 1. The normalized spacial score (nSPS) is 32.8. The van der Waals surface area contributed by atoms with Gasteiger partial charge in [0, 0.05) is 6.54 Å². The zero-order valence-electron chi connectivity index (χ0n) is 7.16. The maximum Gasteiger partial charge on any atom is 0.309 e.